The van der Waals surface area contributed by atoms with Gasteiger partial charge in [0.05, 0.1) is 0 Å². The van der Waals surface area contributed by atoms with Gasteiger partial charge in [0, 0.05) is 64.6 Å². The molecule has 0 aromatic carbocycles. The van der Waals surface area contributed by atoms with Crippen molar-refractivity contribution in [3.05, 3.63) is 30.1 Å². The second kappa shape index (κ2) is 9.12. The van der Waals surface area contributed by atoms with Crippen LogP contribution in [0.1, 0.15) is 18.9 Å². The van der Waals surface area contributed by atoms with Crippen LogP contribution in [0.15, 0.2) is 34.5 Å². The molecule has 1 aromatic heterocycles. The first kappa shape index (κ1) is 19.5. The molecule has 0 bridgehead atoms. The van der Waals surface area contributed by atoms with Crippen molar-refractivity contribution in [2.45, 2.75) is 25.7 Å². The minimum absolute atomic E-state index is 0.574. The van der Waals surface area contributed by atoms with Crippen LogP contribution in [0.25, 0.3) is 0 Å². The second-order valence-corrected chi connectivity index (χ2v) is 7.08. The summed E-state index contributed by atoms with van der Waals surface area (Å²) >= 11 is 0. The summed E-state index contributed by atoms with van der Waals surface area (Å²) in [5.41, 5.74) is 7.48. The lowest BCUT2D eigenvalue weighted by molar-refractivity contribution is 0.156. The Labute approximate surface area is 161 Å². The first-order valence-electron chi connectivity index (χ1n) is 9.59. The van der Waals surface area contributed by atoms with Crippen molar-refractivity contribution in [2.24, 2.45) is 15.7 Å². The highest BCUT2D eigenvalue weighted by atomic mass is 15.4. The summed E-state index contributed by atoms with van der Waals surface area (Å²) in [6, 6.07) is 3.93. The van der Waals surface area contributed by atoms with Crippen molar-refractivity contribution in [1.82, 2.24) is 30.7 Å². The lowest BCUT2D eigenvalue weighted by Crippen LogP contribution is -2.61. The van der Waals surface area contributed by atoms with E-state index in [4.69, 9.17) is 5.73 Å². The van der Waals surface area contributed by atoms with Crippen LogP contribution in [0.4, 0.5) is 0 Å². The van der Waals surface area contributed by atoms with Gasteiger partial charge in [-0.3, -0.25) is 15.6 Å². The third-order valence-electron chi connectivity index (χ3n) is 4.91. The molecule has 9 heteroatoms. The van der Waals surface area contributed by atoms with Gasteiger partial charge in [-0.15, -0.1) is 0 Å². The zero-order valence-corrected chi connectivity index (χ0v) is 16.3. The summed E-state index contributed by atoms with van der Waals surface area (Å²) in [4.78, 5) is 17.9. The topological polar surface area (TPSA) is 106 Å². The van der Waals surface area contributed by atoms with Gasteiger partial charge in [0.15, 0.2) is 5.79 Å². The molecule has 0 aliphatic carbocycles. The SMILES string of the molecule is CCC1(N)N=C(NCCN2CCN(C)CC2)N=C(NCc2ccncc2)N1. The molecule has 2 aliphatic rings. The van der Waals surface area contributed by atoms with Crippen LogP contribution in [0.2, 0.25) is 0 Å². The number of aromatic nitrogens is 1. The van der Waals surface area contributed by atoms with Gasteiger partial charge in [0.2, 0.25) is 11.9 Å². The molecule has 1 aromatic rings. The third-order valence-corrected chi connectivity index (χ3v) is 4.91. The number of pyridine rings is 1. The van der Waals surface area contributed by atoms with Gasteiger partial charge < -0.3 is 20.9 Å². The number of guanidine groups is 2. The van der Waals surface area contributed by atoms with E-state index in [2.05, 4.69) is 47.8 Å². The van der Waals surface area contributed by atoms with Crippen LogP contribution in [0.5, 0.6) is 0 Å². The molecule has 2 aliphatic heterocycles. The number of nitrogens with one attached hydrogen (secondary N) is 3. The van der Waals surface area contributed by atoms with Crippen molar-refractivity contribution in [3.63, 3.8) is 0 Å². The number of piperazine rings is 1. The zero-order valence-electron chi connectivity index (χ0n) is 16.3. The van der Waals surface area contributed by atoms with E-state index in [0.717, 1.165) is 44.8 Å². The first-order valence-corrected chi connectivity index (χ1v) is 9.59. The van der Waals surface area contributed by atoms with Gasteiger partial charge in [0.25, 0.3) is 0 Å². The Morgan fingerprint density at radius 3 is 2.63 bits per heavy atom. The van der Waals surface area contributed by atoms with Crippen LogP contribution in [0, 0.1) is 0 Å². The Morgan fingerprint density at radius 2 is 1.93 bits per heavy atom. The van der Waals surface area contributed by atoms with Gasteiger partial charge >= 0.3 is 0 Å². The largest absolute Gasteiger partial charge is 0.353 e. The molecular formula is C18H31N9. The number of aliphatic imine (C=N–C) groups is 2. The van der Waals surface area contributed by atoms with Crippen molar-refractivity contribution >= 4 is 11.9 Å². The van der Waals surface area contributed by atoms with E-state index >= 15 is 0 Å². The Bertz CT molecular complexity index is 652. The first-order chi connectivity index (χ1) is 13.1. The average Bonchev–Trinajstić information content (AvgIpc) is 2.68. The van der Waals surface area contributed by atoms with Crippen molar-refractivity contribution in [2.75, 3.05) is 46.3 Å². The Balaban J connectivity index is 1.54. The van der Waals surface area contributed by atoms with E-state index in [1.165, 1.54) is 0 Å². The molecule has 9 nitrogen and oxygen atoms in total. The molecule has 0 spiro atoms. The maximum absolute atomic E-state index is 6.35. The van der Waals surface area contributed by atoms with Crippen molar-refractivity contribution in [3.8, 4) is 0 Å². The van der Waals surface area contributed by atoms with Gasteiger partial charge in [-0.05, 0) is 24.7 Å². The number of nitrogens with zero attached hydrogens (tertiary/aromatic N) is 5. The van der Waals surface area contributed by atoms with E-state index < -0.39 is 5.79 Å². The summed E-state index contributed by atoms with van der Waals surface area (Å²) in [7, 11) is 2.17. The summed E-state index contributed by atoms with van der Waals surface area (Å²) < 4.78 is 0. The van der Waals surface area contributed by atoms with E-state index in [9.17, 15) is 0 Å². The van der Waals surface area contributed by atoms with Crippen LogP contribution >= 0.6 is 0 Å². The van der Waals surface area contributed by atoms with E-state index in [-0.39, 0.29) is 0 Å². The number of nitrogens with two attached hydrogens (primary N) is 1. The highest BCUT2D eigenvalue weighted by Gasteiger charge is 2.27. The van der Waals surface area contributed by atoms with Gasteiger partial charge in [-0.25, -0.2) is 4.99 Å². The second-order valence-electron chi connectivity index (χ2n) is 7.08. The van der Waals surface area contributed by atoms with Crippen LogP contribution in [0.3, 0.4) is 0 Å². The van der Waals surface area contributed by atoms with Crippen LogP contribution in [-0.4, -0.2) is 78.8 Å². The molecule has 5 N–H and O–H groups in total. The standard InChI is InChI=1S/C18H31N9/c1-3-18(19)24-16(21-8-9-27-12-10-26(2)11-13-27)23-17(25-18)22-14-15-4-6-20-7-5-15/h4-7H,3,8-14,19H2,1-2H3,(H3,21,22,23,24,25). The molecule has 0 radical (unpaired) electrons. The monoisotopic (exact) mass is 373 g/mol. The molecule has 1 fully saturated rings. The van der Waals surface area contributed by atoms with Crippen molar-refractivity contribution in [1.29, 1.82) is 0 Å². The normalized spacial score (nSPS) is 24.0. The van der Waals surface area contributed by atoms with E-state index in [1.807, 2.05) is 19.1 Å². The maximum Gasteiger partial charge on any atom is 0.224 e. The molecular weight excluding hydrogens is 342 g/mol. The smallest absolute Gasteiger partial charge is 0.224 e. The Morgan fingerprint density at radius 1 is 1.19 bits per heavy atom. The fourth-order valence-corrected chi connectivity index (χ4v) is 2.99. The summed E-state index contributed by atoms with van der Waals surface area (Å²) in [5.74, 6) is 0.358. The quantitative estimate of drug-likeness (QED) is 0.525. The van der Waals surface area contributed by atoms with Gasteiger partial charge in [0.1, 0.15) is 0 Å². The lowest BCUT2D eigenvalue weighted by atomic mass is 10.2. The average molecular weight is 374 g/mol. The minimum Gasteiger partial charge on any atom is -0.353 e. The Kier molecular flexibility index (Phi) is 6.59. The number of likely N-dealkylation sites (N-methyl/N-ethyl adjacent to an activating group) is 1. The van der Waals surface area contributed by atoms with Crippen molar-refractivity contribution < 1.29 is 0 Å². The van der Waals surface area contributed by atoms with Gasteiger partial charge in [-0.2, -0.15) is 4.99 Å². The summed E-state index contributed by atoms with van der Waals surface area (Å²) in [6.07, 6.45) is 4.21. The summed E-state index contributed by atoms with van der Waals surface area (Å²) in [6.45, 7) is 8.85. The third kappa shape index (κ3) is 5.88. The molecule has 0 saturated carbocycles. The molecule has 0 amide bonds. The van der Waals surface area contributed by atoms with Crippen LogP contribution < -0.4 is 21.7 Å². The fraction of sp³-hybridized carbons (Fsp3) is 0.611. The van der Waals surface area contributed by atoms with E-state index in [0.29, 0.717) is 24.9 Å². The fourth-order valence-electron chi connectivity index (χ4n) is 2.99. The maximum atomic E-state index is 6.35. The van der Waals surface area contributed by atoms with Gasteiger partial charge in [-0.1, -0.05) is 6.92 Å². The molecule has 1 saturated heterocycles. The van der Waals surface area contributed by atoms with Crippen LogP contribution in [-0.2, 0) is 6.54 Å². The highest BCUT2D eigenvalue weighted by molar-refractivity contribution is 5.97. The highest BCUT2D eigenvalue weighted by Crippen LogP contribution is 2.08. The predicted octanol–water partition coefficient (Wildman–Crippen LogP) is -0.654. The molecule has 3 heterocycles. The van der Waals surface area contributed by atoms with E-state index in [1.54, 1.807) is 12.4 Å². The molecule has 27 heavy (non-hydrogen) atoms. The summed E-state index contributed by atoms with van der Waals surface area (Å²) in [5, 5.41) is 9.81. The number of hydrogen-bond donors (Lipinski definition) is 4. The lowest BCUT2D eigenvalue weighted by Gasteiger charge is -2.33. The molecule has 1 unspecified atom stereocenters. The number of rotatable bonds is 6. The molecule has 148 valence electrons. The predicted molar refractivity (Wildman–Crippen MR) is 108 cm³/mol. The number of hydrogen-bond acceptors (Lipinski definition) is 9. The molecule has 1 atom stereocenters. The minimum atomic E-state index is -0.849. The Hall–Kier alpha value is -2.23. The molecule has 3 rings (SSSR count). The zero-order chi connectivity index (χ0) is 19.1.